The van der Waals surface area contributed by atoms with Gasteiger partial charge in [-0.1, -0.05) is 19.9 Å². The van der Waals surface area contributed by atoms with Crippen LogP contribution in [0.1, 0.15) is 33.1 Å². The molecule has 1 heteroatoms. The smallest absolute Gasteiger partial charge is 0.0368 e. The van der Waals surface area contributed by atoms with Crippen molar-refractivity contribution in [3.05, 3.63) is 11.8 Å². The van der Waals surface area contributed by atoms with Gasteiger partial charge in [-0.25, -0.2) is 0 Å². The van der Waals surface area contributed by atoms with Crippen LogP contribution in [0.3, 0.4) is 0 Å². The minimum Gasteiger partial charge on any atom is -0.374 e. The minimum atomic E-state index is 0.847. The number of nitrogens with zero attached hydrogens (tertiary/aromatic N) is 1. The van der Waals surface area contributed by atoms with E-state index in [1.165, 1.54) is 19.3 Å². The summed E-state index contributed by atoms with van der Waals surface area (Å²) in [5, 5.41) is 0. The van der Waals surface area contributed by atoms with Crippen LogP contribution in [0, 0.1) is 11.8 Å². The molecular formula is C11H19N. The van der Waals surface area contributed by atoms with Crippen molar-refractivity contribution in [1.29, 1.82) is 0 Å². The molecule has 0 bridgehead atoms. The summed E-state index contributed by atoms with van der Waals surface area (Å²) in [6, 6.07) is 0.860. The lowest BCUT2D eigenvalue weighted by atomic mass is 9.81. The van der Waals surface area contributed by atoms with Crippen molar-refractivity contribution in [3.8, 4) is 0 Å². The van der Waals surface area contributed by atoms with E-state index in [4.69, 9.17) is 0 Å². The van der Waals surface area contributed by atoms with Crippen molar-refractivity contribution in [3.63, 3.8) is 0 Å². The van der Waals surface area contributed by atoms with E-state index in [1.807, 2.05) is 0 Å². The molecule has 0 spiro atoms. The van der Waals surface area contributed by atoms with E-state index in [9.17, 15) is 0 Å². The Bertz CT molecular complexity index is 205. The Kier molecular flexibility index (Phi) is 1.90. The molecule has 2 atom stereocenters. The summed E-state index contributed by atoms with van der Waals surface area (Å²) in [6.07, 6.45) is 6.52. The van der Waals surface area contributed by atoms with Crippen LogP contribution >= 0.6 is 0 Å². The molecule has 2 aliphatic rings. The van der Waals surface area contributed by atoms with Crippen molar-refractivity contribution in [2.24, 2.45) is 11.8 Å². The van der Waals surface area contributed by atoms with E-state index in [0.717, 1.165) is 17.9 Å². The van der Waals surface area contributed by atoms with Crippen LogP contribution in [0.4, 0.5) is 0 Å². The highest BCUT2D eigenvalue weighted by Gasteiger charge is 2.42. The molecule has 1 fully saturated rings. The van der Waals surface area contributed by atoms with Crippen LogP contribution in [0.5, 0.6) is 0 Å². The second-order valence-corrected chi connectivity index (χ2v) is 4.62. The zero-order valence-electron chi connectivity index (χ0n) is 8.38. The van der Waals surface area contributed by atoms with Crippen LogP contribution in [0.2, 0.25) is 0 Å². The Labute approximate surface area is 75.4 Å². The summed E-state index contributed by atoms with van der Waals surface area (Å²) >= 11 is 0. The molecule has 0 aromatic carbocycles. The lowest BCUT2D eigenvalue weighted by molar-refractivity contribution is 0.0978. The number of allylic oxidation sites excluding steroid dienone is 1. The Morgan fingerprint density at radius 1 is 1.58 bits per heavy atom. The lowest BCUT2D eigenvalue weighted by Crippen LogP contribution is -2.50. The third-order valence-electron chi connectivity index (χ3n) is 3.29. The van der Waals surface area contributed by atoms with Crippen molar-refractivity contribution < 1.29 is 0 Å². The molecule has 1 nitrogen and oxygen atoms in total. The van der Waals surface area contributed by atoms with Crippen molar-refractivity contribution in [2.75, 3.05) is 7.05 Å². The predicted molar refractivity (Wildman–Crippen MR) is 51.8 cm³/mol. The van der Waals surface area contributed by atoms with Crippen molar-refractivity contribution in [2.45, 2.75) is 39.2 Å². The first kappa shape index (κ1) is 8.15. The molecule has 1 heterocycles. The van der Waals surface area contributed by atoms with Gasteiger partial charge in [0.2, 0.25) is 0 Å². The van der Waals surface area contributed by atoms with Crippen LogP contribution < -0.4 is 0 Å². The highest BCUT2D eigenvalue weighted by molar-refractivity contribution is 5.23. The van der Waals surface area contributed by atoms with Gasteiger partial charge in [0.25, 0.3) is 0 Å². The van der Waals surface area contributed by atoms with Crippen molar-refractivity contribution >= 4 is 0 Å². The van der Waals surface area contributed by atoms with Crippen LogP contribution in [-0.4, -0.2) is 18.0 Å². The van der Waals surface area contributed by atoms with Gasteiger partial charge in [-0.15, -0.1) is 0 Å². The van der Waals surface area contributed by atoms with Crippen LogP contribution in [0.25, 0.3) is 0 Å². The largest absolute Gasteiger partial charge is 0.374 e. The summed E-state index contributed by atoms with van der Waals surface area (Å²) in [6.45, 7) is 4.65. The molecule has 0 aromatic heterocycles. The average molecular weight is 165 g/mol. The van der Waals surface area contributed by atoms with E-state index in [0.29, 0.717) is 0 Å². The van der Waals surface area contributed by atoms with Gasteiger partial charge in [0, 0.05) is 24.7 Å². The standard InChI is InChI=1S/C11H19N/c1-8(2)7-11-9-5-4-6-10(9)12(11)3/h6,8-9,11H,4-5,7H2,1-3H3. The lowest BCUT2D eigenvalue weighted by Gasteiger charge is -2.49. The fourth-order valence-corrected chi connectivity index (χ4v) is 2.69. The molecule has 12 heavy (non-hydrogen) atoms. The third-order valence-corrected chi connectivity index (χ3v) is 3.29. The maximum absolute atomic E-state index is 2.48. The Morgan fingerprint density at radius 2 is 2.33 bits per heavy atom. The molecule has 0 saturated carbocycles. The summed E-state index contributed by atoms with van der Waals surface area (Å²) in [7, 11) is 2.25. The zero-order chi connectivity index (χ0) is 8.72. The minimum absolute atomic E-state index is 0.847. The van der Waals surface area contributed by atoms with Crippen molar-refractivity contribution in [1.82, 2.24) is 4.90 Å². The Balaban J connectivity index is 1.97. The van der Waals surface area contributed by atoms with Crippen LogP contribution in [0.15, 0.2) is 11.8 Å². The number of fused-ring (bicyclic) bond motifs is 1. The zero-order valence-corrected chi connectivity index (χ0v) is 8.38. The van der Waals surface area contributed by atoms with E-state index < -0.39 is 0 Å². The van der Waals surface area contributed by atoms with Gasteiger partial charge >= 0.3 is 0 Å². The van der Waals surface area contributed by atoms with Crippen LogP contribution in [-0.2, 0) is 0 Å². The van der Waals surface area contributed by atoms with Gasteiger partial charge in [0.15, 0.2) is 0 Å². The first-order valence-corrected chi connectivity index (χ1v) is 5.13. The Morgan fingerprint density at radius 3 is 3.00 bits per heavy atom. The summed E-state index contributed by atoms with van der Waals surface area (Å²) in [5.41, 5.74) is 1.63. The average Bonchev–Trinajstić information content (AvgIpc) is 2.44. The van der Waals surface area contributed by atoms with E-state index in [-0.39, 0.29) is 0 Å². The molecule has 0 amide bonds. The normalized spacial score (nSPS) is 33.3. The maximum atomic E-state index is 2.48. The number of hydrogen-bond donors (Lipinski definition) is 0. The van der Waals surface area contributed by atoms with E-state index >= 15 is 0 Å². The molecule has 1 aliphatic carbocycles. The van der Waals surface area contributed by atoms with Gasteiger partial charge in [0.05, 0.1) is 0 Å². The molecule has 1 aliphatic heterocycles. The van der Waals surface area contributed by atoms with Gasteiger partial charge in [-0.05, 0) is 25.2 Å². The molecular weight excluding hydrogens is 146 g/mol. The highest BCUT2D eigenvalue weighted by Crippen LogP contribution is 2.44. The third kappa shape index (κ3) is 1.07. The molecule has 0 radical (unpaired) electrons. The van der Waals surface area contributed by atoms with Gasteiger partial charge in [-0.3, -0.25) is 0 Å². The van der Waals surface area contributed by atoms with Gasteiger partial charge in [0.1, 0.15) is 0 Å². The highest BCUT2D eigenvalue weighted by atomic mass is 15.2. The molecule has 2 unspecified atom stereocenters. The summed E-state index contributed by atoms with van der Waals surface area (Å²) in [5.74, 6) is 1.77. The fourth-order valence-electron chi connectivity index (χ4n) is 2.69. The quantitative estimate of drug-likeness (QED) is 0.608. The van der Waals surface area contributed by atoms with Gasteiger partial charge < -0.3 is 4.90 Å². The second-order valence-electron chi connectivity index (χ2n) is 4.62. The molecule has 1 saturated heterocycles. The molecule has 0 N–H and O–H groups in total. The van der Waals surface area contributed by atoms with Gasteiger partial charge in [-0.2, -0.15) is 0 Å². The Hall–Kier alpha value is -0.460. The van der Waals surface area contributed by atoms with E-state index in [1.54, 1.807) is 5.70 Å². The first-order valence-electron chi connectivity index (χ1n) is 5.13. The first-order chi connectivity index (χ1) is 5.70. The summed E-state index contributed by atoms with van der Waals surface area (Å²) in [4.78, 5) is 2.48. The topological polar surface area (TPSA) is 3.24 Å². The number of likely N-dealkylation sites (tertiary alicyclic amines) is 1. The predicted octanol–water partition coefficient (Wildman–Crippen LogP) is 2.64. The monoisotopic (exact) mass is 165 g/mol. The molecule has 0 aromatic rings. The number of hydrogen-bond acceptors (Lipinski definition) is 1. The second kappa shape index (κ2) is 2.79. The van der Waals surface area contributed by atoms with E-state index in [2.05, 4.69) is 31.9 Å². The summed E-state index contributed by atoms with van der Waals surface area (Å²) < 4.78 is 0. The SMILES string of the molecule is CC(C)CC1C2CCC=C2N1C. The molecule has 68 valence electrons. The molecule has 2 rings (SSSR count). The number of rotatable bonds is 2. The fraction of sp³-hybridized carbons (Fsp3) is 0.818. The maximum Gasteiger partial charge on any atom is 0.0368 e.